The fourth-order valence-corrected chi connectivity index (χ4v) is 2.15. The minimum Gasteiger partial charge on any atom is -0.320 e. The third kappa shape index (κ3) is 2.41. The van der Waals surface area contributed by atoms with Gasteiger partial charge in [0, 0.05) is 15.6 Å². The molecular weight excluding hydrogens is 324 g/mol. The fourth-order valence-electron chi connectivity index (χ4n) is 1.68. The molecule has 0 spiro atoms. The molecular formula is C13H9BrClF2N. The third-order valence-electron chi connectivity index (χ3n) is 2.64. The molecule has 1 atom stereocenters. The van der Waals surface area contributed by atoms with Crippen molar-refractivity contribution < 1.29 is 8.78 Å². The summed E-state index contributed by atoms with van der Waals surface area (Å²) in [5.74, 6) is -1.11. The first kappa shape index (κ1) is 13.5. The van der Waals surface area contributed by atoms with Crippen LogP contribution in [0.5, 0.6) is 0 Å². The number of benzene rings is 2. The Balaban J connectivity index is 2.50. The highest BCUT2D eigenvalue weighted by atomic mass is 79.9. The number of hydrogen-bond donors (Lipinski definition) is 1. The van der Waals surface area contributed by atoms with Gasteiger partial charge in [-0.3, -0.25) is 0 Å². The lowest BCUT2D eigenvalue weighted by Crippen LogP contribution is -2.15. The Labute approximate surface area is 117 Å². The lowest BCUT2D eigenvalue weighted by Gasteiger charge is -2.15. The quantitative estimate of drug-likeness (QED) is 0.809. The molecule has 0 heterocycles. The lowest BCUT2D eigenvalue weighted by atomic mass is 9.99. The highest BCUT2D eigenvalue weighted by molar-refractivity contribution is 9.10. The second-order valence-electron chi connectivity index (χ2n) is 3.76. The van der Waals surface area contributed by atoms with Crippen LogP contribution in [0, 0.1) is 11.6 Å². The Morgan fingerprint density at radius 1 is 1.06 bits per heavy atom. The molecule has 2 rings (SSSR count). The fraction of sp³-hybridized carbons (Fsp3) is 0.0769. The van der Waals surface area contributed by atoms with E-state index in [2.05, 4.69) is 15.9 Å². The summed E-state index contributed by atoms with van der Waals surface area (Å²) >= 11 is 8.90. The first-order chi connectivity index (χ1) is 8.52. The van der Waals surface area contributed by atoms with Gasteiger partial charge in [-0.1, -0.05) is 35.9 Å². The lowest BCUT2D eigenvalue weighted by molar-refractivity contribution is 0.575. The van der Waals surface area contributed by atoms with Gasteiger partial charge in [0.2, 0.25) is 0 Å². The van der Waals surface area contributed by atoms with Crippen molar-refractivity contribution in [3.8, 4) is 0 Å². The van der Waals surface area contributed by atoms with Crippen LogP contribution >= 0.6 is 27.5 Å². The monoisotopic (exact) mass is 331 g/mol. The topological polar surface area (TPSA) is 26.0 Å². The number of rotatable bonds is 2. The van der Waals surface area contributed by atoms with E-state index < -0.39 is 17.7 Å². The minimum atomic E-state index is -0.892. The van der Waals surface area contributed by atoms with E-state index in [0.717, 1.165) is 0 Å². The molecule has 0 fully saturated rings. The molecule has 0 saturated carbocycles. The Kier molecular flexibility index (Phi) is 4.00. The van der Waals surface area contributed by atoms with Gasteiger partial charge in [0.1, 0.15) is 11.6 Å². The van der Waals surface area contributed by atoms with Crippen molar-refractivity contribution in [1.82, 2.24) is 0 Å². The highest BCUT2D eigenvalue weighted by Gasteiger charge is 2.19. The average Bonchev–Trinajstić information content (AvgIpc) is 2.36. The Bertz CT molecular complexity index is 589. The minimum absolute atomic E-state index is 0.0562. The van der Waals surface area contributed by atoms with E-state index in [-0.39, 0.29) is 16.1 Å². The van der Waals surface area contributed by atoms with E-state index in [1.165, 1.54) is 18.2 Å². The Hall–Kier alpha value is -0.970. The summed E-state index contributed by atoms with van der Waals surface area (Å²) in [5, 5.41) is -0.0562. The standard InChI is InChI=1S/C13H9BrClF2N/c14-9-6-5-8(12(17)11(9)15)13(18)7-3-1-2-4-10(7)16/h1-6,13H,18H2. The molecule has 94 valence electrons. The molecule has 0 bridgehead atoms. The molecule has 0 aliphatic rings. The van der Waals surface area contributed by atoms with Crippen LogP contribution < -0.4 is 5.73 Å². The summed E-state index contributed by atoms with van der Waals surface area (Å²) in [7, 11) is 0. The van der Waals surface area contributed by atoms with Gasteiger partial charge in [0.05, 0.1) is 11.1 Å². The second kappa shape index (κ2) is 5.34. The van der Waals surface area contributed by atoms with Crippen LogP contribution in [0.2, 0.25) is 5.02 Å². The van der Waals surface area contributed by atoms with E-state index in [4.69, 9.17) is 17.3 Å². The molecule has 18 heavy (non-hydrogen) atoms. The summed E-state index contributed by atoms with van der Waals surface area (Å²) in [4.78, 5) is 0. The van der Waals surface area contributed by atoms with Gasteiger partial charge in [0.15, 0.2) is 0 Å². The molecule has 0 saturated heterocycles. The van der Waals surface area contributed by atoms with Crippen LogP contribution in [0.3, 0.4) is 0 Å². The molecule has 1 unspecified atom stereocenters. The smallest absolute Gasteiger partial charge is 0.148 e. The zero-order valence-corrected chi connectivity index (χ0v) is 11.5. The summed E-state index contributed by atoms with van der Waals surface area (Å²) in [5.41, 5.74) is 6.27. The molecule has 0 aliphatic heterocycles. The molecule has 0 aromatic heterocycles. The first-order valence-electron chi connectivity index (χ1n) is 5.15. The second-order valence-corrected chi connectivity index (χ2v) is 5.00. The van der Waals surface area contributed by atoms with Crippen LogP contribution in [-0.4, -0.2) is 0 Å². The van der Waals surface area contributed by atoms with Crippen molar-refractivity contribution in [3.05, 3.63) is 68.7 Å². The van der Waals surface area contributed by atoms with Gasteiger partial charge < -0.3 is 5.73 Å². The Morgan fingerprint density at radius 2 is 1.72 bits per heavy atom. The van der Waals surface area contributed by atoms with Gasteiger partial charge in [-0.05, 0) is 28.1 Å². The Morgan fingerprint density at radius 3 is 2.39 bits per heavy atom. The largest absolute Gasteiger partial charge is 0.320 e. The van der Waals surface area contributed by atoms with Crippen LogP contribution in [-0.2, 0) is 0 Å². The number of nitrogens with two attached hydrogens (primary N) is 1. The van der Waals surface area contributed by atoms with E-state index in [1.807, 2.05) is 0 Å². The van der Waals surface area contributed by atoms with Crippen molar-refractivity contribution in [2.75, 3.05) is 0 Å². The van der Waals surface area contributed by atoms with Gasteiger partial charge in [0.25, 0.3) is 0 Å². The van der Waals surface area contributed by atoms with Crippen LogP contribution in [0.25, 0.3) is 0 Å². The number of halogens is 4. The van der Waals surface area contributed by atoms with Crippen LogP contribution in [0.1, 0.15) is 17.2 Å². The normalized spacial score (nSPS) is 12.5. The van der Waals surface area contributed by atoms with E-state index in [1.54, 1.807) is 18.2 Å². The van der Waals surface area contributed by atoms with Crippen molar-refractivity contribution in [2.24, 2.45) is 5.73 Å². The van der Waals surface area contributed by atoms with Crippen molar-refractivity contribution >= 4 is 27.5 Å². The molecule has 5 heteroatoms. The highest BCUT2D eigenvalue weighted by Crippen LogP contribution is 2.32. The molecule has 2 aromatic carbocycles. The van der Waals surface area contributed by atoms with Crippen LogP contribution in [0.4, 0.5) is 8.78 Å². The van der Waals surface area contributed by atoms with Gasteiger partial charge in [-0.15, -0.1) is 0 Å². The zero-order chi connectivity index (χ0) is 13.3. The predicted octanol–water partition coefficient (Wildman–Crippen LogP) is 4.43. The molecule has 2 aromatic rings. The summed E-state index contributed by atoms with van der Waals surface area (Å²) < 4.78 is 28.0. The van der Waals surface area contributed by atoms with Crippen molar-refractivity contribution in [1.29, 1.82) is 0 Å². The van der Waals surface area contributed by atoms with Gasteiger partial charge in [-0.2, -0.15) is 0 Å². The molecule has 0 amide bonds. The maximum atomic E-state index is 14.0. The van der Waals surface area contributed by atoms with E-state index in [0.29, 0.717) is 4.47 Å². The SMILES string of the molecule is NC(c1ccccc1F)c1ccc(Br)c(Cl)c1F. The predicted molar refractivity (Wildman–Crippen MR) is 71.5 cm³/mol. The van der Waals surface area contributed by atoms with Crippen LogP contribution in [0.15, 0.2) is 40.9 Å². The van der Waals surface area contributed by atoms with E-state index in [9.17, 15) is 8.78 Å². The average molecular weight is 333 g/mol. The summed E-state index contributed by atoms with van der Waals surface area (Å²) in [6.45, 7) is 0. The van der Waals surface area contributed by atoms with E-state index >= 15 is 0 Å². The summed E-state index contributed by atoms with van der Waals surface area (Å²) in [6, 6.07) is 8.19. The van der Waals surface area contributed by atoms with Gasteiger partial charge in [-0.25, -0.2) is 8.78 Å². The first-order valence-corrected chi connectivity index (χ1v) is 6.33. The van der Waals surface area contributed by atoms with Crippen molar-refractivity contribution in [2.45, 2.75) is 6.04 Å². The third-order valence-corrected chi connectivity index (χ3v) is 3.90. The maximum absolute atomic E-state index is 14.0. The maximum Gasteiger partial charge on any atom is 0.148 e. The molecule has 0 radical (unpaired) electrons. The van der Waals surface area contributed by atoms with Gasteiger partial charge >= 0.3 is 0 Å². The van der Waals surface area contributed by atoms with Crippen molar-refractivity contribution in [3.63, 3.8) is 0 Å². The zero-order valence-electron chi connectivity index (χ0n) is 9.13. The molecule has 1 nitrogen and oxygen atoms in total. The molecule has 2 N–H and O–H groups in total. The summed E-state index contributed by atoms with van der Waals surface area (Å²) in [6.07, 6.45) is 0. The number of hydrogen-bond acceptors (Lipinski definition) is 1. The molecule has 0 aliphatic carbocycles.